The summed E-state index contributed by atoms with van der Waals surface area (Å²) in [6, 6.07) is 13.9. The lowest BCUT2D eigenvalue weighted by Crippen LogP contribution is -2.08. The Morgan fingerprint density at radius 2 is 1.92 bits per heavy atom. The summed E-state index contributed by atoms with van der Waals surface area (Å²) in [4.78, 5) is 13.4. The number of para-hydroxylation sites is 1. The molecule has 1 atom stereocenters. The van der Waals surface area contributed by atoms with Gasteiger partial charge in [-0.1, -0.05) is 18.2 Å². The molecule has 0 aromatic heterocycles. The van der Waals surface area contributed by atoms with E-state index < -0.39 is 0 Å². The molecular formula is C18H13NO4S. The largest absolute Gasteiger partial charge is 0.456 e. The van der Waals surface area contributed by atoms with E-state index in [2.05, 4.69) is 11.4 Å². The molecule has 0 saturated carbocycles. The minimum Gasteiger partial charge on any atom is -0.456 e. The van der Waals surface area contributed by atoms with Gasteiger partial charge in [-0.05, 0) is 29.8 Å². The Labute approximate surface area is 142 Å². The Morgan fingerprint density at radius 3 is 2.88 bits per heavy atom. The molecule has 2 aromatic rings. The van der Waals surface area contributed by atoms with Crippen LogP contribution in [0.5, 0.6) is 11.5 Å². The normalized spacial score (nSPS) is 20.8. The predicted molar refractivity (Wildman–Crippen MR) is 89.2 cm³/mol. The summed E-state index contributed by atoms with van der Waals surface area (Å²) in [6.45, 7) is 0.515. The molecule has 120 valence electrons. The number of ether oxygens (including phenoxy) is 3. The number of cyclic esters (lactones) is 1. The minimum absolute atomic E-state index is 0.152. The number of esters is 1. The fourth-order valence-electron chi connectivity index (χ4n) is 3.12. The topological polar surface area (TPSA) is 56.8 Å². The van der Waals surface area contributed by atoms with E-state index in [0.29, 0.717) is 11.3 Å². The van der Waals surface area contributed by atoms with Gasteiger partial charge in [0.25, 0.3) is 0 Å². The number of carbonyl (C=O) groups excluding carboxylic acids is 1. The van der Waals surface area contributed by atoms with Crippen LogP contribution in [0.3, 0.4) is 0 Å². The van der Waals surface area contributed by atoms with E-state index in [1.807, 2.05) is 36.4 Å². The van der Waals surface area contributed by atoms with Crippen molar-refractivity contribution in [2.24, 2.45) is 0 Å². The van der Waals surface area contributed by atoms with E-state index in [1.165, 1.54) is 0 Å². The molecule has 5 rings (SSSR count). The zero-order valence-electron chi connectivity index (χ0n) is 12.6. The highest BCUT2D eigenvalue weighted by atomic mass is 32.2. The van der Waals surface area contributed by atoms with Crippen LogP contribution in [0.2, 0.25) is 0 Å². The molecule has 0 saturated heterocycles. The van der Waals surface area contributed by atoms with Crippen LogP contribution in [0.1, 0.15) is 10.8 Å². The van der Waals surface area contributed by atoms with Gasteiger partial charge in [-0.2, -0.15) is 0 Å². The maximum atomic E-state index is 12.3. The van der Waals surface area contributed by atoms with Gasteiger partial charge in [-0.3, -0.25) is 0 Å². The standard InChI is InChI=1S/C18H13NO4S/c20-18-16-12(8-21-18)19-11-3-1-2-4-15(11)24-17(16)10-5-6-13-14(7-10)23-9-22-13/h1-7,17,19H,8-9H2/t17-/m0/s1. The lowest BCUT2D eigenvalue weighted by Gasteiger charge is -2.16. The van der Waals surface area contributed by atoms with Gasteiger partial charge < -0.3 is 19.5 Å². The van der Waals surface area contributed by atoms with Crippen molar-refractivity contribution >= 4 is 23.4 Å². The van der Waals surface area contributed by atoms with Crippen molar-refractivity contribution in [1.29, 1.82) is 0 Å². The molecule has 0 bridgehead atoms. The second kappa shape index (κ2) is 5.21. The zero-order valence-corrected chi connectivity index (χ0v) is 13.4. The molecule has 3 aliphatic rings. The Bertz CT molecular complexity index is 892. The highest BCUT2D eigenvalue weighted by Gasteiger charge is 2.36. The summed E-state index contributed by atoms with van der Waals surface area (Å²) < 4.78 is 16.1. The van der Waals surface area contributed by atoms with E-state index in [1.54, 1.807) is 11.8 Å². The molecule has 3 aliphatic heterocycles. The number of rotatable bonds is 1. The highest BCUT2D eigenvalue weighted by molar-refractivity contribution is 8.00. The molecule has 0 fully saturated rings. The van der Waals surface area contributed by atoms with Crippen LogP contribution in [0.15, 0.2) is 58.6 Å². The van der Waals surface area contributed by atoms with Gasteiger partial charge in [0.2, 0.25) is 6.79 Å². The quantitative estimate of drug-likeness (QED) is 0.803. The Morgan fingerprint density at radius 1 is 1.04 bits per heavy atom. The minimum atomic E-state index is -0.263. The first kappa shape index (κ1) is 13.8. The molecule has 0 spiro atoms. The average molecular weight is 339 g/mol. The number of carbonyl (C=O) groups is 1. The van der Waals surface area contributed by atoms with Crippen LogP contribution in [-0.2, 0) is 9.53 Å². The summed E-state index contributed by atoms with van der Waals surface area (Å²) in [5.74, 6) is 1.19. The number of fused-ring (bicyclic) bond motifs is 2. The molecule has 3 heterocycles. The number of nitrogens with one attached hydrogen (secondary N) is 1. The molecular weight excluding hydrogens is 326 g/mol. The van der Waals surface area contributed by atoms with Crippen molar-refractivity contribution in [3.8, 4) is 11.5 Å². The number of benzene rings is 2. The third kappa shape index (κ3) is 2.06. The molecule has 0 aliphatic carbocycles. The van der Waals surface area contributed by atoms with Crippen LogP contribution in [-0.4, -0.2) is 19.4 Å². The molecule has 24 heavy (non-hydrogen) atoms. The maximum Gasteiger partial charge on any atom is 0.337 e. The smallest absolute Gasteiger partial charge is 0.337 e. The van der Waals surface area contributed by atoms with Crippen molar-refractivity contribution in [3.05, 3.63) is 59.3 Å². The number of hydrogen-bond acceptors (Lipinski definition) is 6. The van der Waals surface area contributed by atoms with E-state index >= 15 is 0 Å². The number of thioether (sulfide) groups is 1. The third-order valence-electron chi connectivity index (χ3n) is 4.27. The second-order valence-electron chi connectivity index (χ2n) is 5.70. The summed E-state index contributed by atoms with van der Waals surface area (Å²) >= 11 is 1.64. The van der Waals surface area contributed by atoms with E-state index in [4.69, 9.17) is 14.2 Å². The van der Waals surface area contributed by atoms with E-state index in [9.17, 15) is 4.79 Å². The van der Waals surface area contributed by atoms with Crippen LogP contribution in [0.25, 0.3) is 0 Å². The summed E-state index contributed by atoms with van der Waals surface area (Å²) in [5, 5.41) is 3.21. The van der Waals surface area contributed by atoms with Crippen molar-refractivity contribution in [1.82, 2.24) is 0 Å². The van der Waals surface area contributed by atoms with Gasteiger partial charge in [0, 0.05) is 4.90 Å². The van der Waals surface area contributed by atoms with Gasteiger partial charge in [0.05, 0.1) is 22.2 Å². The summed E-state index contributed by atoms with van der Waals surface area (Å²) in [6.07, 6.45) is 0. The molecule has 0 radical (unpaired) electrons. The van der Waals surface area contributed by atoms with Crippen molar-refractivity contribution in [2.45, 2.75) is 10.1 Å². The van der Waals surface area contributed by atoms with Crippen LogP contribution in [0, 0.1) is 0 Å². The van der Waals surface area contributed by atoms with Crippen molar-refractivity contribution in [3.63, 3.8) is 0 Å². The first-order chi connectivity index (χ1) is 11.8. The number of hydrogen-bond donors (Lipinski definition) is 1. The molecule has 6 heteroatoms. The lowest BCUT2D eigenvalue weighted by atomic mass is 10.0. The van der Waals surface area contributed by atoms with E-state index in [0.717, 1.165) is 27.6 Å². The van der Waals surface area contributed by atoms with Crippen LogP contribution < -0.4 is 14.8 Å². The van der Waals surface area contributed by atoms with Crippen molar-refractivity contribution in [2.75, 3.05) is 18.7 Å². The van der Waals surface area contributed by atoms with Crippen molar-refractivity contribution < 1.29 is 19.0 Å². The third-order valence-corrected chi connectivity index (χ3v) is 5.63. The zero-order chi connectivity index (χ0) is 16.1. The first-order valence-corrected chi connectivity index (χ1v) is 8.50. The first-order valence-electron chi connectivity index (χ1n) is 7.62. The molecule has 1 N–H and O–H groups in total. The second-order valence-corrected chi connectivity index (χ2v) is 6.85. The lowest BCUT2D eigenvalue weighted by molar-refractivity contribution is -0.136. The molecule has 5 nitrogen and oxygen atoms in total. The van der Waals surface area contributed by atoms with E-state index in [-0.39, 0.29) is 24.6 Å². The Hall–Kier alpha value is -2.60. The summed E-state index contributed by atoms with van der Waals surface area (Å²) in [5.41, 5.74) is 3.50. The molecule has 2 aromatic carbocycles. The van der Waals surface area contributed by atoms with Gasteiger partial charge >= 0.3 is 5.97 Å². The molecule has 0 amide bonds. The van der Waals surface area contributed by atoms with Gasteiger partial charge in [0.15, 0.2) is 11.5 Å². The number of anilines is 1. The van der Waals surface area contributed by atoms with Gasteiger partial charge in [0.1, 0.15) is 6.61 Å². The monoisotopic (exact) mass is 339 g/mol. The maximum absolute atomic E-state index is 12.3. The van der Waals surface area contributed by atoms with Gasteiger partial charge in [-0.15, -0.1) is 11.8 Å². The SMILES string of the molecule is O=C1OCC2=C1[C@H](c1ccc3c(c1)OCO3)Sc1ccccc1N2. The Balaban J connectivity index is 1.65. The Kier molecular flexibility index (Phi) is 2.99. The fourth-order valence-corrected chi connectivity index (χ4v) is 4.41. The predicted octanol–water partition coefficient (Wildman–Crippen LogP) is 3.49. The summed E-state index contributed by atoms with van der Waals surface area (Å²) in [7, 11) is 0. The van der Waals surface area contributed by atoms with Gasteiger partial charge in [-0.25, -0.2) is 4.79 Å². The average Bonchev–Trinajstić information content (AvgIpc) is 3.16. The fraction of sp³-hybridized carbons (Fsp3) is 0.167. The molecule has 0 unspecified atom stereocenters. The highest BCUT2D eigenvalue weighted by Crippen LogP contribution is 2.50. The van der Waals surface area contributed by atoms with Crippen LogP contribution in [0.4, 0.5) is 5.69 Å². The van der Waals surface area contributed by atoms with Crippen LogP contribution >= 0.6 is 11.8 Å².